The van der Waals surface area contributed by atoms with Gasteiger partial charge in [-0.25, -0.2) is 0 Å². The third-order valence-electron chi connectivity index (χ3n) is 5.31. The Kier molecular flexibility index (Phi) is 8.83. The van der Waals surface area contributed by atoms with Gasteiger partial charge in [0.05, 0.1) is 41.2 Å². The van der Waals surface area contributed by atoms with Crippen LogP contribution in [0.1, 0.15) is 16.7 Å². The van der Waals surface area contributed by atoms with Gasteiger partial charge >= 0.3 is 0 Å². The van der Waals surface area contributed by atoms with Crippen LogP contribution in [-0.2, 0) is 4.79 Å². The number of hydrogen-bond donors (Lipinski definition) is 2. The quantitative estimate of drug-likeness (QED) is 0.295. The van der Waals surface area contributed by atoms with Gasteiger partial charge in [-0.05, 0) is 53.6 Å². The summed E-state index contributed by atoms with van der Waals surface area (Å²) in [5, 5.41) is 13.1. The number of phenols is 1. The Balaban J connectivity index is 1.91. The van der Waals surface area contributed by atoms with Crippen molar-refractivity contribution >= 4 is 29.8 Å². The summed E-state index contributed by atoms with van der Waals surface area (Å²) in [5.41, 5.74) is 2.54. The van der Waals surface area contributed by atoms with E-state index in [2.05, 4.69) is 5.32 Å². The first-order chi connectivity index (χ1) is 17.4. The predicted octanol–water partition coefficient (Wildman–Crippen LogP) is 5.26. The molecular weight excluding hydrogens is 462 g/mol. The van der Waals surface area contributed by atoms with Crippen LogP contribution >= 0.6 is 0 Å². The number of aromatic hydroxyl groups is 1. The standard InChI is InChI=1S/C28H29NO7/c1-32-21-12-7-18(8-13-21)9-15-25(31)29-26-20(11-14-22(30)27(26)35-4)10-6-19-16-23(33-2)28(36-5)24(17-19)34-3/h6-17,30H,1-5H3,(H,29,31)/b10-6+,15-9+. The number of phenolic OH excluding ortho intramolecular Hbond substituents is 1. The number of carbonyl (C=O) groups is 1. The minimum absolute atomic E-state index is 0.100. The maximum atomic E-state index is 12.7. The first kappa shape index (κ1) is 26.0. The van der Waals surface area contributed by atoms with Crippen molar-refractivity contribution in [1.29, 1.82) is 0 Å². The largest absolute Gasteiger partial charge is 0.504 e. The Morgan fingerprint density at radius 2 is 1.36 bits per heavy atom. The van der Waals surface area contributed by atoms with Crippen LogP contribution in [0.3, 0.4) is 0 Å². The molecule has 188 valence electrons. The van der Waals surface area contributed by atoms with Crippen molar-refractivity contribution in [2.75, 3.05) is 40.9 Å². The van der Waals surface area contributed by atoms with Crippen molar-refractivity contribution in [2.45, 2.75) is 0 Å². The van der Waals surface area contributed by atoms with Gasteiger partial charge in [0.1, 0.15) is 5.75 Å². The Morgan fingerprint density at radius 3 is 1.92 bits per heavy atom. The second-order valence-electron chi connectivity index (χ2n) is 7.47. The van der Waals surface area contributed by atoms with Crippen LogP contribution in [0.5, 0.6) is 34.5 Å². The van der Waals surface area contributed by atoms with E-state index in [1.807, 2.05) is 30.3 Å². The summed E-state index contributed by atoms with van der Waals surface area (Å²) in [6, 6.07) is 14.1. The number of ether oxygens (including phenoxy) is 5. The SMILES string of the molecule is COc1ccc(/C=C/C(=O)Nc2c(/C=C/c3cc(OC)c(OC)c(OC)c3)ccc(O)c2OC)cc1. The summed E-state index contributed by atoms with van der Waals surface area (Å²) >= 11 is 0. The van der Waals surface area contributed by atoms with E-state index in [1.165, 1.54) is 26.4 Å². The lowest BCUT2D eigenvalue weighted by Gasteiger charge is -2.14. The molecular formula is C28H29NO7. The average Bonchev–Trinajstić information content (AvgIpc) is 2.91. The molecule has 8 heteroatoms. The smallest absolute Gasteiger partial charge is 0.248 e. The molecule has 3 aromatic rings. The van der Waals surface area contributed by atoms with Crippen molar-refractivity contribution in [3.05, 3.63) is 71.3 Å². The number of rotatable bonds is 10. The van der Waals surface area contributed by atoms with Crippen LogP contribution < -0.4 is 29.0 Å². The molecule has 0 heterocycles. The Morgan fingerprint density at radius 1 is 0.722 bits per heavy atom. The molecule has 36 heavy (non-hydrogen) atoms. The zero-order valence-electron chi connectivity index (χ0n) is 20.8. The van der Waals surface area contributed by atoms with Crippen LogP contribution in [0.15, 0.2) is 54.6 Å². The number of hydrogen-bond acceptors (Lipinski definition) is 7. The Labute approximate surface area is 210 Å². The summed E-state index contributed by atoms with van der Waals surface area (Å²) in [7, 11) is 7.64. The molecule has 0 saturated heterocycles. The Hall–Kier alpha value is -4.59. The van der Waals surface area contributed by atoms with Gasteiger partial charge < -0.3 is 34.1 Å². The van der Waals surface area contributed by atoms with E-state index >= 15 is 0 Å². The average molecular weight is 492 g/mol. The molecule has 3 aromatic carbocycles. The first-order valence-corrected chi connectivity index (χ1v) is 10.9. The highest BCUT2D eigenvalue weighted by Crippen LogP contribution is 2.40. The highest BCUT2D eigenvalue weighted by atomic mass is 16.5. The highest BCUT2D eigenvalue weighted by Gasteiger charge is 2.15. The summed E-state index contributed by atoms with van der Waals surface area (Å²) in [4.78, 5) is 12.7. The molecule has 0 aromatic heterocycles. The Bertz CT molecular complexity index is 1240. The molecule has 0 aliphatic carbocycles. The molecule has 0 aliphatic heterocycles. The van der Waals surface area contributed by atoms with Gasteiger partial charge in [0, 0.05) is 11.6 Å². The summed E-state index contributed by atoms with van der Waals surface area (Å²) in [6.45, 7) is 0. The molecule has 0 spiro atoms. The summed E-state index contributed by atoms with van der Waals surface area (Å²) in [6.07, 6.45) is 6.68. The van der Waals surface area contributed by atoms with Crippen molar-refractivity contribution in [3.8, 4) is 34.5 Å². The van der Waals surface area contributed by atoms with Gasteiger partial charge in [0.15, 0.2) is 23.0 Å². The number of amides is 1. The second-order valence-corrected chi connectivity index (χ2v) is 7.47. The summed E-state index contributed by atoms with van der Waals surface area (Å²) < 4.78 is 26.7. The van der Waals surface area contributed by atoms with Gasteiger partial charge in [-0.2, -0.15) is 0 Å². The topological polar surface area (TPSA) is 95.5 Å². The molecule has 0 unspecified atom stereocenters. The summed E-state index contributed by atoms with van der Waals surface area (Å²) in [5.74, 6) is 1.89. The molecule has 3 rings (SSSR count). The van der Waals surface area contributed by atoms with Gasteiger partial charge in [-0.1, -0.05) is 24.3 Å². The first-order valence-electron chi connectivity index (χ1n) is 10.9. The molecule has 0 fully saturated rings. The molecule has 1 amide bonds. The van der Waals surface area contributed by atoms with Gasteiger partial charge in [0.25, 0.3) is 0 Å². The molecule has 0 saturated carbocycles. The number of methoxy groups -OCH3 is 5. The van der Waals surface area contributed by atoms with Crippen molar-refractivity contribution < 1.29 is 33.6 Å². The zero-order chi connectivity index (χ0) is 26.1. The maximum Gasteiger partial charge on any atom is 0.248 e. The predicted molar refractivity (Wildman–Crippen MR) is 140 cm³/mol. The van der Waals surface area contributed by atoms with E-state index in [9.17, 15) is 9.90 Å². The lowest BCUT2D eigenvalue weighted by molar-refractivity contribution is -0.111. The van der Waals surface area contributed by atoms with E-state index < -0.39 is 5.91 Å². The number of nitrogens with one attached hydrogen (secondary N) is 1. The lowest BCUT2D eigenvalue weighted by atomic mass is 10.1. The fourth-order valence-electron chi connectivity index (χ4n) is 3.50. The van der Waals surface area contributed by atoms with Gasteiger partial charge in [-0.15, -0.1) is 0 Å². The van der Waals surface area contributed by atoms with E-state index in [4.69, 9.17) is 23.7 Å². The van der Waals surface area contributed by atoms with Crippen LogP contribution in [-0.4, -0.2) is 46.6 Å². The van der Waals surface area contributed by atoms with E-state index in [-0.39, 0.29) is 11.5 Å². The van der Waals surface area contributed by atoms with Crippen LogP contribution in [0.25, 0.3) is 18.2 Å². The molecule has 0 radical (unpaired) electrons. The van der Waals surface area contributed by atoms with Crippen molar-refractivity contribution in [2.24, 2.45) is 0 Å². The number of benzene rings is 3. The zero-order valence-corrected chi connectivity index (χ0v) is 20.8. The van der Waals surface area contributed by atoms with E-state index in [0.717, 1.165) is 16.9 Å². The molecule has 8 nitrogen and oxygen atoms in total. The third-order valence-corrected chi connectivity index (χ3v) is 5.31. The highest BCUT2D eigenvalue weighted by molar-refractivity contribution is 6.04. The fraction of sp³-hybridized carbons (Fsp3) is 0.179. The van der Waals surface area contributed by atoms with Crippen LogP contribution in [0.4, 0.5) is 5.69 Å². The van der Waals surface area contributed by atoms with E-state index in [1.54, 1.807) is 51.7 Å². The minimum Gasteiger partial charge on any atom is -0.504 e. The monoisotopic (exact) mass is 491 g/mol. The van der Waals surface area contributed by atoms with Crippen molar-refractivity contribution in [1.82, 2.24) is 0 Å². The van der Waals surface area contributed by atoms with Crippen LogP contribution in [0.2, 0.25) is 0 Å². The lowest BCUT2D eigenvalue weighted by Crippen LogP contribution is -2.10. The second kappa shape index (κ2) is 12.2. The third kappa shape index (κ3) is 6.09. The fourth-order valence-corrected chi connectivity index (χ4v) is 3.50. The van der Waals surface area contributed by atoms with Crippen LogP contribution in [0, 0.1) is 0 Å². The maximum absolute atomic E-state index is 12.7. The van der Waals surface area contributed by atoms with Gasteiger partial charge in [0.2, 0.25) is 11.7 Å². The molecule has 0 bridgehead atoms. The normalized spacial score (nSPS) is 10.9. The number of carbonyl (C=O) groups excluding carboxylic acids is 1. The van der Waals surface area contributed by atoms with E-state index in [0.29, 0.717) is 28.5 Å². The molecule has 0 aliphatic rings. The molecule has 0 atom stereocenters. The minimum atomic E-state index is -0.392. The van der Waals surface area contributed by atoms with Crippen molar-refractivity contribution in [3.63, 3.8) is 0 Å². The van der Waals surface area contributed by atoms with Gasteiger partial charge in [-0.3, -0.25) is 4.79 Å². The number of anilines is 1. The molecule has 2 N–H and O–H groups in total.